The van der Waals surface area contributed by atoms with E-state index in [0.29, 0.717) is 37.8 Å². The van der Waals surface area contributed by atoms with E-state index in [-0.39, 0.29) is 23.7 Å². The van der Waals surface area contributed by atoms with Gasteiger partial charge < -0.3 is 10.2 Å². The summed E-state index contributed by atoms with van der Waals surface area (Å²) in [4.78, 5) is 25.1. The first-order valence-corrected chi connectivity index (χ1v) is 7.32. The molecule has 2 rings (SSSR count). The van der Waals surface area contributed by atoms with Crippen LogP contribution in [0, 0.1) is 5.82 Å². The van der Waals surface area contributed by atoms with Gasteiger partial charge in [-0.25, -0.2) is 4.39 Å². The number of nitrogens with one attached hydrogen (secondary N) is 1. The van der Waals surface area contributed by atoms with E-state index in [1.807, 2.05) is 13.0 Å². The number of hydrogen-bond donors (Lipinski definition) is 1. The molecular weight excluding hydrogens is 271 g/mol. The van der Waals surface area contributed by atoms with Crippen molar-refractivity contribution in [1.82, 2.24) is 10.2 Å². The van der Waals surface area contributed by atoms with Crippen LogP contribution in [0.1, 0.15) is 43.4 Å². The van der Waals surface area contributed by atoms with Crippen LogP contribution < -0.4 is 5.32 Å². The van der Waals surface area contributed by atoms with Gasteiger partial charge >= 0.3 is 0 Å². The van der Waals surface area contributed by atoms with Gasteiger partial charge in [0.2, 0.25) is 11.8 Å². The minimum atomic E-state index is -0.248. The maximum atomic E-state index is 14.0. The van der Waals surface area contributed by atoms with Crippen molar-refractivity contribution in [1.29, 1.82) is 0 Å². The van der Waals surface area contributed by atoms with Gasteiger partial charge in [-0.05, 0) is 31.4 Å². The molecule has 4 nitrogen and oxygen atoms in total. The summed E-state index contributed by atoms with van der Waals surface area (Å²) >= 11 is 0. The molecule has 0 spiro atoms. The van der Waals surface area contributed by atoms with Gasteiger partial charge in [-0.2, -0.15) is 0 Å². The van der Waals surface area contributed by atoms with E-state index in [4.69, 9.17) is 0 Å². The van der Waals surface area contributed by atoms with Gasteiger partial charge in [-0.3, -0.25) is 9.59 Å². The Morgan fingerprint density at radius 3 is 2.86 bits per heavy atom. The van der Waals surface area contributed by atoms with Crippen molar-refractivity contribution >= 4 is 11.8 Å². The zero-order valence-electron chi connectivity index (χ0n) is 12.5. The SMILES string of the molecule is CNC(=O)CCCC(=O)N1CCc2cccc(F)c2[C@H]1C. The van der Waals surface area contributed by atoms with E-state index in [0.717, 1.165) is 5.56 Å². The van der Waals surface area contributed by atoms with E-state index < -0.39 is 0 Å². The second-order valence-electron chi connectivity index (χ2n) is 5.35. The van der Waals surface area contributed by atoms with Gasteiger partial charge in [-0.15, -0.1) is 0 Å². The highest BCUT2D eigenvalue weighted by molar-refractivity contribution is 5.79. The van der Waals surface area contributed by atoms with Crippen LogP contribution in [-0.2, 0) is 16.0 Å². The van der Waals surface area contributed by atoms with Crippen LogP contribution in [0.2, 0.25) is 0 Å². The third-order valence-electron chi connectivity index (χ3n) is 4.04. The fourth-order valence-corrected chi connectivity index (χ4v) is 2.87. The van der Waals surface area contributed by atoms with E-state index >= 15 is 0 Å². The number of rotatable bonds is 4. The van der Waals surface area contributed by atoms with Crippen LogP contribution in [0.4, 0.5) is 4.39 Å². The molecule has 114 valence electrons. The first kappa shape index (κ1) is 15.5. The first-order valence-electron chi connectivity index (χ1n) is 7.32. The summed E-state index contributed by atoms with van der Waals surface area (Å²) in [6.07, 6.45) is 1.86. The summed E-state index contributed by atoms with van der Waals surface area (Å²) in [6, 6.07) is 4.82. The third-order valence-corrected chi connectivity index (χ3v) is 4.04. The second kappa shape index (κ2) is 6.70. The molecule has 0 saturated heterocycles. The molecule has 0 unspecified atom stereocenters. The standard InChI is InChI=1S/C16H21FN2O2/c1-11-16-12(5-3-6-13(16)17)9-10-19(11)15(21)8-4-7-14(20)18-2/h3,5-6,11H,4,7-10H2,1-2H3,(H,18,20)/t11-/m1/s1. The Morgan fingerprint density at radius 1 is 1.38 bits per heavy atom. The third kappa shape index (κ3) is 3.40. The molecule has 1 aliphatic heterocycles. The minimum absolute atomic E-state index is 0.0136. The fraction of sp³-hybridized carbons (Fsp3) is 0.500. The molecule has 0 radical (unpaired) electrons. The number of carbonyl (C=O) groups is 2. The lowest BCUT2D eigenvalue weighted by Gasteiger charge is -2.35. The maximum Gasteiger partial charge on any atom is 0.223 e. The smallest absolute Gasteiger partial charge is 0.223 e. The molecule has 0 saturated carbocycles. The summed E-state index contributed by atoms with van der Waals surface area (Å²) in [6.45, 7) is 2.47. The van der Waals surface area contributed by atoms with Crippen LogP contribution in [0.5, 0.6) is 0 Å². The molecule has 0 aromatic heterocycles. The molecule has 1 heterocycles. The highest BCUT2D eigenvalue weighted by atomic mass is 19.1. The summed E-state index contributed by atoms with van der Waals surface area (Å²) in [5.41, 5.74) is 1.61. The predicted octanol–water partition coefficient (Wildman–Crippen LogP) is 2.19. The molecule has 1 aliphatic rings. The summed E-state index contributed by atoms with van der Waals surface area (Å²) in [7, 11) is 1.58. The highest BCUT2D eigenvalue weighted by Gasteiger charge is 2.29. The van der Waals surface area contributed by atoms with Crippen molar-refractivity contribution in [2.45, 2.75) is 38.6 Å². The molecule has 21 heavy (non-hydrogen) atoms. The molecular formula is C16H21FN2O2. The number of amides is 2. The zero-order valence-corrected chi connectivity index (χ0v) is 12.5. The van der Waals surface area contributed by atoms with Crippen LogP contribution in [0.15, 0.2) is 18.2 Å². The lowest BCUT2D eigenvalue weighted by Crippen LogP contribution is -2.39. The maximum absolute atomic E-state index is 14.0. The van der Waals surface area contributed by atoms with Crippen molar-refractivity contribution in [3.05, 3.63) is 35.1 Å². The Bertz CT molecular complexity index is 545. The quantitative estimate of drug-likeness (QED) is 0.925. The topological polar surface area (TPSA) is 49.4 Å². The number of hydrogen-bond acceptors (Lipinski definition) is 2. The van der Waals surface area contributed by atoms with Crippen LogP contribution >= 0.6 is 0 Å². The van der Waals surface area contributed by atoms with E-state index in [1.54, 1.807) is 18.0 Å². The minimum Gasteiger partial charge on any atom is -0.359 e. The molecule has 1 aromatic carbocycles. The lowest BCUT2D eigenvalue weighted by molar-refractivity contribution is -0.134. The molecule has 1 atom stereocenters. The monoisotopic (exact) mass is 292 g/mol. The van der Waals surface area contributed by atoms with Crippen LogP contribution in [0.25, 0.3) is 0 Å². The Labute approximate surface area is 124 Å². The van der Waals surface area contributed by atoms with Crippen LogP contribution in [-0.4, -0.2) is 30.3 Å². The molecule has 0 aliphatic carbocycles. The fourth-order valence-electron chi connectivity index (χ4n) is 2.87. The number of benzene rings is 1. The Morgan fingerprint density at radius 2 is 2.14 bits per heavy atom. The molecule has 1 N–H and O–H groups in total. The van der Waals surface area contributed by atoms with Crippen molar-refractivity contribution in [3.8, 4) is 0 Å². The summed E-state index contributed by atoms with van der Waals surface area (Å²) < 4.78 is 14.0. The van der Waals surface area contributed by atoms with Gasteiger partial charge in [0.15, 0.2) is 0 Å². The van der Waals surface area contributed by atoms with Crippen molar-refractivity contribution in [3.63, 3.8) is 0 Å². The van der Waals surface area contributed by atoms with Gasteiger partial charge in [0, 0.05) is 32.0 Å². The largest absolute Gasteiger partial charge is 0.359 e. The van der Waals surface area contributed by atoms with Crippen molar-refractivity contribution < 1.29 is 14.0 Å². The van der Waals surface area contributed by atoms with Gasteiger partial charge in [0.1, 0.15) is 5.82 Å². The zero-order chi connectivity index (χ0) is 15.4. The molecule has 0 fully saturated rings. The highest BCUT2D eigenvalue weighted by Crippen LogP contribution is 2.31. The first-order chi connectivity index (χ1) is 10.0. The average molecular weight is 292 g/mol. The number of fused-ring (bicyclic) bond motifs is 1. The van der Waals surface area contributed by atoms with Gasteiger partial charge in [0.25, 0.3) is 0 Å². The van der Waals surface area contributed by atoms with Crippen LogP contribution in [0.3, 0.4) is 0 Å². The predicted molar refractivity (Wildman–Crippen MR) is 78.1 cm³/mol. The Kier molecular flexibility index (Phi) is 4.94. The molecule has 1 aromatic rings. The van der Waals surface area contributed by atoms with Gasteiger partial charge in [0.05, 0.1) is 6.04 Å². The molecule has 2 amide bonds. The molecule has 5 heteroatoms. The average Bonchev–Trinajstić information content (AvgIpc) is 2.47. The Hall–Kier alpha value is -1.91. The summed E-state index contributed by atoms with van der Waals surface area (Å²) in [5, 5.41) is 2.53. The second-order valence-corrected chi connectivity index (χ2v) is 5.35. The summed E-state index contributed by atoms with van der Waals surface area (Å²) in [5.74, 6) is -0.325. The number of carbonyl (C=O) groups excluding carboxylic acids is 2. The normalized spacial score (nSPS) is 17.3. The van der Waals surface area contributed by atoms with E-state index in [1.165, 1.54) is 6.07 Å². The van der Waals surface area contributed by atoms with Crippen molar-refractivity contribution in [2.75, 3.05) is 13.6 Å². The number of halogens is 1. The van der Waals surface area contributed by atoms with Gasteiger partial charge in [-0.1, -0.05) is 12.1 Å². The number of nitrogens with zero attached hydrogens (tertiary/aromatic N) is 1. The molecule has 0 bridgehead atoms. The van der Waals surface area contributed by atoms with Crippen molar-refractivity contribution in [2.24, 2.45) is 0 Å². The Balaban J connectivity index is 2.01. The van der Waals surface area contributed by atoms with E-state index in [2.05, 4.69) is 5.32 Å². The lowest BCUT2D eigenvalue weighted by atomic mass is 9.92. The van der Waals surface area contributed by atoms with E-state index in [9.17, 15) is 14.0 Å².